The molecule has 20 heavy (non-hydrogen) atoms. The van der Waals surface area contributed by atoms with Gasteiger partial charge in [-0.05, 0) is 20.8 Å². The van der Waals surface area contributed by atoms with E-state index in [1.807, 2.05) is 6.07 Å². The van der Waals surface area contributed by atoms with Gasteiger partial charge in [0.15, 0.2) is 5.82 Å². The van der Waals surface area contributed by atoms with Crippen LogP contribution < -0.4 is 9.47 Å². The number of halogens is 2. The summed E-state index contributed by atoms with van der Waals surface area (Å²) in [5, 5.41) is 8.56. The predicted octanol–water partition coefficient (Wildman–Crippen LogP) is 3.47. The molecule has 0 saturated heterocycles. The molecule has 4 nitrogen and oxygen atoms in total. The SMILES string of the molecule is CC(CC#N)COc1c(F)ncc(F)c1OC(C)(C)C. The van der Waals surface area contributed by atoms with Gasteiger partial charge in [0, 0.05) is 12.3 Å². The van der Waals surface area contributed by atoms with Crippen molar-refractivity contribution in [3.63, 3.8) is 0 Å². The largest absolute Gasteiger partial charge is 0.485 e. The van der Waals surface area contributed by atoms with Gasteiger partial charge >= 0.3 is 0 Å². The lowest BCUT2D eigenvalue weighted by Crippen LogP contribution is -2.24. The summed E-state index contributed by atoms with van der Waals surface area (Å²) in [6.45, 7) is 7.00. The Kier molecular flexibility index (Phi) is 5.26. The minimum atomic E-state index is -0.935. The molecule has 0 N–H and O–H groups in total. The molecule has 0 aliphatic rings. The summed E-state index contributed by atoms with van der Waals surface area (Å²) in [4.78, 5) is 3.28. The van der Waals surface area contributed by atoms with E-state index in [9.17, 15) is 8.78 Å². The number of nitriles is 1. The van der Waals surface area contributed by atoms with Crippen LogP contribution in [0.1, 0.15) is 34.1 Å². The topological polar surface area (TPSA) is 55.1 Å². The van der Waals surface area contributed by atoms with E-state index < -0.39 is 17.4 Å². The first-order valence-electron chi connectivity index (χ1n) is 6.27. The Morgan fingerprint density at radius 1 is 1.35 bits per heavy atom. The number of ether oxygens (including phenoxy) is 2. The maximum Gasteiger partial charge on any atom is 0.259 e. The van der Waals surface area contributed by atoms with Gasteiger partial charge in [-0.25, -0.2) is 9.37 Å². The molecule has 1 aromatic rings. The second-order valence-electron chi connectivity index (χ2n) is 5.55. The molecule has 0 fully saturated rings. The van der Waals surface area contributed by atoms with E-state index in [1.165, 1.54) is 0 Å². The lowest BCUT2D eigenvalue weighted by molar-refractivity contribution is 0.112. The van der Waals surface area contributed by atoms with E-state index >= 15 is 0 Å². The average molecular weight is 284 g/mol. The molecule has 0 amide bonds. The summed E-state index contributed by atoms with van der Waals surface area (Å²) in [5.41, 5.74) is -0.703. The molecule has 6 heteroatoms. The van der Waals surface area contributed by atoms with Gasteiger partial charge in [0.1, 0.15) is 5.60 Å². The molecule has 0 radical (unpaired) electrons. The Morgan fingerprint density at radius 3 is 2.55 bits per heavy atom. The van der Waals surface area contributed by atoms with Crippen molar-refractivity contribution in [2.24, 2.45) is 5.92 Å². The van der Waals surface area contributed by atoms with Gasteiger partial charge in [0.05, 0.1) is 18.9 Å². The molecule has 1 aromatic heterocycles. The van der Waals surface area contributed by atoms with Crippen molar-refractivity contribution in [3.05, 3.63) is 18.0 Å². The number of hydrogen-bond acceptors (Lipinski definition) is 4. The van der Waals surface area contributed by atoms with Crippen LogP contribution in [0.4, 0.5) is 8.78 Å². The molecular formula is C14H18F2N2O2. The third kappa shape index (κ3) is 4.65. The van der Waals surface area contributed by atoms with Gasteiger partial charge in [0.2, 0.25) is 11.5 Å². The second kappa shape index (κ2) is 6.51. The zero-order chi connectivity index (χ0) is 15.3. The van der Waals surface area contributed by atoms with Crippen LogP contribution in [0, 0.1) is 29.0 Å². The fraction of sp³-hybridized carbons (Fsp3) is 0.571. The van der Waals surface area contributed by atoms with Gasteiger partial charge in [-0.3, -0.25) is 0 Å². The molecule has 1 unspecified atom stereocenters. The van der Waals surface area contributed by atoms with Crippen LogP contribution in [0.2, 0.25) is 0 Å². The zero-order valence-corrected chi connectivity index (χ0v) is 12.0. The van der Waals surface area contributed by atoms with Crippen molar-refractivity contribution >= 4 is 0 Å². The van der Waals surface area contributed by atoms with Crippen LogP contribution >= 0.6 is 0 Å². The quantitative estimate of drug-likeness (QED) is 0.777. The average Bonchev–Trinajstić information content (AvgIpc) is 2.32. The van der Waals surface area contributed by atoms with E-state index in [2.05, 4.69) is 4.98 Å². The fourth-order valence-corrected chi connectivity index (χ4v) is 1.40. The van der Waals surface area contributed by atoms with Gasteiger partial charge in [-0.1, -0.05) is 6.92 Å². The Labute approximate surface area is 117 Å². The maximum absolute atomic E-state index is 13.7. The number of rotatable bonds is 5. The number of nitrogens with zero attached hydrogens (tertiary/aromatic N) is 2. The minimum absolute atomic E-state index is 0.0795. The smallest absolute Gasteiger partial charge is 0.259 e. The van der Waals surface area contributed by atoms with Crippen LogP contribution in [-0.2, 0) is 0 Å². The van der Waals surface area contributed by atoms with E-state index in [4.69, 9.17) is 14.7 Å². The highest BCUT2D eigenvalue weighted by atomic mass is 19.1. The van der Waals surface area contributed by atoms with Gasteiger partial charge < -0.3 is 9.47 Å². The summed E-state index contributed by atoms with van der Waals surface area (Å²) < 4.78 is 38.1. The Balaban J connectivity index is 2.99. The Morgan fingerprint density at radius 2 is 2.00 bits per heavy atom. The lowest BCUT2D eigenvalue weighted by atomic mass is 10.1. The van der Waals surface area contributed by atoms with E-state index in [-0.39, 0.29) is 30.4 Å². The molecule has 0 aromatic carbocycles. The summed E-state index contributed by atoms with van der Waals surface area (Å²) in [5.74, 6) is -2.48. The summed E-state index contributed by atoms with van der Waals surface area (Å²) >= 11 is 0. The second-order valence-corrected chi connectivity index (χ2v) is 5.55. The van der Waals surface area contributed by atoms with E-state index in [1.54, 1.807) is 27.7 Å². The van der Waals surface area contributed by atoms with Crippen molar-refractivity contribution in [2.45, 2.75) is 39.7 Å². The molecule has 1 heterocycles. The first-order valence-corrected chi connectivity index (χ1v) is 6.27. The molecular weight excluding hydrogens is 266 g/mol. The molecule has 0 spiro atoms. The van der Waals surface area contributed by atoms with Crippen molar-refractivity contribution in [1.82, 2.24) is 4.98 Å². The van der Waals surface area contributed by atoms with Crippen molar-refractivity contribution < 1.29 is 18.3 Å². The number of hydrogen-bond donors (Lipinski definition) is 0. The van der Waals surface area contributed by atoms with Crippen LogP contribution in [0.3, 0.4) is 0 Å². The van der Waals surface area contributed by atoms with Crippen molar-refractivity contribution in [2.75, 3.05) is 6.61 Å². The highest BCUT2D eigenvalue weighted by Gasteiger charge is 2.24. The fourth-order valence-electron chi connectivity index (χ4n) is 1.40. The molecule has 0 aliphatic heterocycles. The van der Waals surface area contributed by atoms with Gasteiger partial charge in [-0.15, -0.1) is 0 Å². The van der Waals surface area contributed by atoms with Gasteiger partial charge in [0.25, 0.3) is 5.95 Å². The third-order valence-corrected chi connectivity index (χ3v) is 2.26. The molecule has 0 aliphatic carbocycles. The number of aromatic nitrogens is 1. The Hall–Kier alpha value is -1.90. The summed E-state index contributed by atoms with van der Waals surface area (Å²) in [7, 11) is 0. The molecule has 0 saturated carbocycles. The van der Waals surface area contributed by atoms with Crippen molar-refractivity contribution in [1.29, 1.82) is 5.26 Å². The predicted molar refractivity (Wildman–Crippen MR) is 69.4 cm³/mol. The summed E-state index contributed by atoms with van der Waals surface area (Å²) in [6.07, 6.45) is 1.02. The summed E-state index contributed by atoms with van der Waals surface area (Å²) in [6, 6.07) is 1.99. The Bertz CT molecular complexity index is 507. The van der Waals surface area contributed by atoms with E-state index in [0.717, 1.165) is 6.20 Å². The van der Waals surface area contributed by atoms with Crippen LogP contribution in [0.15, 0.2) is 6.20 Å². The van der Waals surface area contributed by atoms with Crippen LogP contribution in [0.25, 0.3) is 0 Å². The first-order chi connectivity index (χ1) is 9.24. The highest BCUT2D eigenvalue weighted by molar-refractivity contribution is 5.39. The van der Waals surface area contributed by atoms with Crippen LogP contribution in [0.5, 0.6) is 11.5 Å². The molecule has 1 atom stereocenters. The highest BCUT2D eigenvalue weighted by Crippen LogP contribution is 2.34. The maximum atomic E-state index is 13.7. The number of pyridine rings is 1. The van der Waals surface area contributed by atoms with E-state index in [0.29, 0.717) is 0 Å². The monoisotopic (exact) mass is 284 g/mol. The zero-order valence-electron chi connectivity index (χ0n) is 12.0. The minimum Gasteiger partial charge on any atom is -0.485 e. The molecule has 110 valence electrons. The van der Waals surface area contributed by atoms with Gasteiger partial charge in [-0.2, -0.15) is 9.65 Å². The van der Waals surface area contributed by atoms with Crippen molar-refractivity contribution in [3.8, 4) is 17.6 Å². The standard InChI is InChI=1S/C14H18F2N2O2/c1-9(5-6-17)8-19-12-11(20-14(2,3)4)10(15)7-18-13(12)16/h7,9H,5,8H2,1-4H3. The third-order valence-electron chi connectivity index (χ3n) is 2.26. The lowest BCUT2D eigenvalue weighted by Gasteiger charge is -2.23. The molecule has 1 rings (SSSR count). The normalized spacial score (nSPS) is 12.7. The van der Waals surface area contributed by atoms with Crippen LogP contribution in [-0.4, -0.2) is 17.2 Å². The molecule has 0 bridgehead atoms. The first kappa shape index (κ1) is 16.2.